The van der Waals surface area contributed by atoms with Gasteiger partial charge in [-0.2, -0.15) is 0 Å². The van der Waals surface area contributed by atoms with E-state index in [2.05, 4.69) is 37.4 Å². The fourth-order valence-electron chi connectivity index (χ4n) is 7.45. The number of carbonyl (C=O) groups excluding carboxylic acids is 2. The maximum absolute atomic E-state index is 12.4. The maximum Gasteiger partial charge on any atom is 0.305 e. The van der Waals surface area contributed by atoms with Crippen LogP contribution in [0.1, 0.15) is 258 Å². The third-order valence-corrected chi connectivity index (χ3v) is 11.3. The number of aliphatic hydroxyl groups is 2. The Labute approximate surface area is 348 Å². The Morgan fingerprint density at radius 3 is 1.39 bits per heavy atom. The number of rotatable bonds is 45. The van der Waals surface area contributed by atoms with Crippen LogP contribution in [0.15, 0.2) is 24.3 Å². The number of ether oxygens (including phenoxy) is 1. The maximum atomic E-state index is 12.4. The van der Waals surface area contributed by atoms with Gasteiger partial charge in [-0.15, -0.1) is 0 Å². The van der Waals surface area contributed by atoms with Crippen LogP contribution < -0.4 is 5.32 Å². The number of hydrogen-bond donors (Lipinski definition) is 3. The van der Waals surface area contributed by atoms with Gasteiger partial charge >= 0.3 is 5.97 Å². The third kappa shape index (κ3) is 42.0. The second-order valence-corrected chi connectivity index (χ2v) is 16.8. The number of esters is 1. The summed E-state index contributed by atoms with van der Waals surface area (Å²) in [6.07, 6.45) is 52.9. The average Bonchev–Trinajstić information content (AvgIpc) is 3.20. The van der Waals surface area contributed by atoms with Crippen LogP contribution in [0.3, 0.4) is 0 Å². The van der Waals surface area contributed by atoms with Crippen molar-refractivity contribution < 1.29 is 24.5 Å². The molecule has 6 heteroatoms. The molecule has 2 atom stereocenters. The zero-order valence-electron chi connectivity index (χ0n) is 37.4. The van der Waals surface area contributed by atoms with E-state index in [4.69, 9.17) is 4.74 Å². The molecule has 0 fully saturated rings. The van der Waals surface area contributed by atoms with Gasteiger partial charge in [0.1, 0.15) is 0 Å². The Morgan fingerprint density at radius 2 is 0.911 bits per heavy atom. The molecule has 0 aliphatic carbocycles. The number of hydrogen-bond acceptors (Lipinski definition) is 5. The van der Waals surface area contributed by atoms with E-state index in [0.717, 1.165) is 51.4 Å². The van der Waals surface area contributed by atoms with Crippen LogP contribution in [0.5, 0.6) is 0 Å². The Balaban J connectivity index is 3.55. The highest BCUT2D eigenvalue weighted by molar-refractivity contribution is 5.76. The molecule has 0 aliphatic heterocycles. The largest absolute Gasteiger partial charge is 0.466 e. The molecule has 56 heavy (non-hydrogen) atoms. The molecular weight excluding hydrogens is 695 g/mol. The second kappa shape index (κ2) is 46.0. The van der Waals surface area contributed by atoms with Crippen LogP contribution in [-0.2, 0) is 14.3 Å². The number of allylic oxidation sites excluding steroid dienone is 4. The summed E-state index contributed by atoms with van der Waals surface area (Å²) in [7, 11) is 0. The van der Waals surface area contributed by atoms with E-state index < -0.39 is 12.1 Å². The summed E-state index contributed by atoms with van der Waals surface area (Å²) < 4.78 is 5.44. The van der Waals surface area contributed by atoms with E-state index in [1.165, 1.54) is 167 Å². The van der Waals surface area contributed by atoms with Gasteiger partial charge in [0, 0.05) is 12.8 Å². The lowest BCUT2D eigenvalue weighted by Gasteiger charge is -2.22. The Hall–Kier alpha value is -1.66. The Bertz CT molecular complexity index is 874. The molecule has 0 heterocycles. The first-order chi connectivity index (χ1) is 27.5. The van der Waals surface area contributed by atoms with Gasteiger partial charge in [-0.3, -0.25) is 9.59 Å². The fourth-order valence-corrected chi connectivity index (χ4v) is 7.45. The SMILES string of the molecule is CCCCCCCCCCCCCCCC(=O)OCCCCCCCC/C=C\C/C=C\CCC(=O)NC(CO)C(O)CCCCCCCCCCCCCCC. The predicted molar refractivity (Wildman–Crippen MR) is 241 cm³/mol. The Kier molecular flexibility index (Phi) is 44.7. The van der Waals surface area contributed by atoms with Crippen molar-refractivity contribution >= 4 is 11.9 Å². The molecule has 0 spiro atoms. The lowest BCUT2D eigenvalue weighted by atomic mass is 10.0. The zero-order chi connectivity index (χ0) is 40.8. The molecule has 2 unspecified atom stereocenters. The van der Waals surface area contributed by atoms with Gasteiger partial charge in [0.05, 0.1) is 25.4 Å². The first kappa shape index (κ1) is 54.3. The first-order valence-corrected chi connectivity index (χ1v) is 24.6. The normalized spacial score (nSPS) is 12.9. The van der Waals surface area contributed by atoms with Crippen LogP contribution in [0.4, 0.5) is 0 Å². The van der Waals surface area contributed by atoms with E-state index in [1.54, 1.807) is 0 Å². The van der Waals surface area contributed by atoms with Crippen molar-refractivity contribution in [1.29, 1.82) is 0 Å². The highest BCUT2D eigenvalue weighted by Gasteiger charge is 2.19. The molecule has 330 valence electrons. The van der Waals surface area contributed by atoms with Crippen LogP contribution in [-0.4, -0.2) is 47.4 Å². The quantitative estimate of drug-likeness (QED) is 0.0324. The highest BCUT2D eigenvalue weighted by atomic mass is 16.5. The standard InChI is InChI=1S/C50H95NO5/c1-3-5-7-9-11-13-15-18-22-26-30-34-38-42-48(53)47(46-52)51-49(54)43-39-35-31-27-23-20-17-21-25-29-33-37-41-45-56-50(55)44-40-36-32-28-24-19-16-14-12-10-8-6-4-2/h20,23,31,35,47-48,52-53H,3-19,21-22,24-30,32-34,36-46H2,1-2H3,(H,51,54)/b23-20-,35-31-. The minimum absolute atomic E-state index is 0.0159. The number of carbonyl (C=O) groups is 2. The minimum atomic E-state index is -0.697. The molecule has 0 rings (SSSR count). The molecule has 0 aromatic rings. The summed E-state index contributed by atoms with van der Waals surface area (Å²) in [6, 6.07) is -0.583. The van der Waals surface area contributed by atoms with Gasteiger partial charge in [-0.1, -0.05) is 224 Å². The molecule has 0 saturated heterocycles. The Morgan fingerprint density at radius 1 is 0.500 bits per heavy atom. The van der Waals surface area contributed by atoms with Gasteiger partial charge in [0.2, 0.25) is 5.91 Å². The second-order valence-electron chi connectivity index (χ2n) is 16.8. The molecular formula is C50H95NO5. The summed E-state index contributed by atoms with van der Waals surface area (Å²) in [4.78, 5) is 24.4. The minimum Gasteiger partial charge on any atom is -0.466 e. The highest BCUT2D eigenvalue weighted by Crippen LogP contribution is 2.16. The molecule has 1 amide bonds. The summed E-state index contributed by atoms with van der Waals surface area (Å²) in [5, 5.41) is 23.1. The van der Waals surface area contributed by atoms with Crippen molar-refractivity contribution in [2.75, 3.05) is 13.2 Å². The molecule has 6 nitrogen and oxygen atoms in total. The molecule has 3 N–H and O–H groups in total. The van der Waals surface area contributed by atoms with E-state index in [-0.39, 0.29) is 18.5 Å². The number of amides is 1. The van der Waals surface area contributed by atoms with E-state index in [9.17, 15) is 19.8 Å². The summed E-state index contributed by atoms with van der Waals surface area (Å²) in [5.41, 5.74) is 0. The van der Waals surface area contributed by atoms with Gasteiger partial charge < -0.3 is 20.3 Å². The number of unbranched alkanes of at least 4 members (excludes halogenated alkanes) is 30. The van der Waals surface area contributed by atoms with Crippen molar-refractivity contribution in [2.24, 2.45) is 0 Å². The third-order valence-electron chi connectivity index (χ3n) is 11.3. The van der Waals surface area contributed by atoms with Crippen molar-refractivity contribution in [1.82, 2.24) is 5.32 Å². The molecule has 0 saturated carbocycles. The van der Waals surface area contributed by atoms with Crippen LogP contribution in [0.25, 0.3) is 0 Å². The fraction of sp³-hybridized carbons (Fsp3) is 0.880. The molecule has 0 radical (unpaired) electrons. The topological polar surface area (TPSA) is 95.9 Å². The lowest BCUT2D eigenvalue weighted by Crippen LogP contribution is -2.45. The van der Waals surface area contributed by atoms with Gasteiger partial charge in [0.25, 0.3) is 0 Å². The van der Waals surface area contributed by atoms with Gasteiger partial charge in [-0.05, 0) is 44.9 Å². The summed E-state index contributed by atoms with van der Waals surface area (Å²) >= 11 is 0. The van der Waals surface area contributed by atoms with Gasteiger partial charge in [-0.25, -0.2) is 0 Å². The van der Waals surface area contributed by atoms with Crippen LogP contribution in [0.2, 0.25) is 0 Å². The number of nitrogens with one attached hydrogen (secondary N) is 1. The smallest absolute Gasteiger partial charge is 0.305 e. The van der Waals surface area contributed by atoms with Crippen molar-refractivity contribution in [3.05, 3.63) is 24.3 Å². The predicted octanol–water partition coefficient (Wildman–Crippen LogP) is 14.3. The van der Waals surface area contributed by atoms with Crippen molar-refractivity contribution in [3.8, 4) is 0 Å². The van der Waals surface area contributed by atoms with E-state index in [1.807, 2.05) is 6.08 Å². The van der Waals surface area contributed by atoms with Crippen LogP contribution >= 0.6 is 0 Å². The van der Waals surface area contributed by atoms with E-state index in [0.29, 0.717) is 32.3 Å². The summed E-state index contributed by atoms with van der Waals surface area (Å²) in [5.74, 6) is -0.132. The molecule has 0 aromatic carbocycles. The van der Waals surface area contributed by atoms with Crippen molar-refractivity contribution in [2.45, 2.75) is 270 Å². The number of aliphatic hydroxyl groups excluding tert-OH is 2. The summed E-state index contributed by atoms with van der Waals surface area (Å²) in [6.45, 7) is 4.88. The monoisotopic (exact) mass is 790 g/mol. The lowest BCUT2D eigenvalue weighted by molar-refractivity contribution is -0.143. The zero-order valence-corrected chi connectivity index (χ0v) is 37.4. The molecule has 0 aliphatic rings. The molecule has 0 bridgehead atoms. The van der Waals surface area contributed by atoms with Crippen molar-refractivity contribution in [3.63, 3.8) is 0 Å². The average molecular weight is 790 g/mol. The first-order valence-electron chi connectivity index (χ1n) is 24.6. The molecule has 0 aromatic heterocycles. The van der Waals surface area contributed by atoms with E-state index >= 15 is 0 Å². The van der Waals surface area contributed by atoms with Crippen LogP contribution in [0, 0.1) is 0 Å². The van der Waals surface area contributed by atoms with Gasteiger partial charge in [0.15, 0.2) is 0 Å².